The van der Waals surface area contributed by atoms with E-state index in [9.17, 15) is 8.42 Å². The third-order valence-electron chi connectivity index (χ3n) is 4.89. The fraction of sp³-hybridized carbons (Fsp3) is 0.500. The summed E-state index contributed by atoms with van der Waals surface area (Å²) in [5.41, 5.74) is 2.16. The van der Waals surface area contributed by atoms with Crippen LogP contribution in [0.1, 0.15) is 25.8 Å². The Morgan fingerprint density at radius 2 is 1.86 bits per heavy atom. The fourth-order valence-electron chi connectivity index (χ4n) is 3.31. The number of hydrogen-bond acceptors (Lipinski definition) is 2. The van der Waals surface area contributed by atoms with Crippen molar-refractivity contribution in [3.63, 3.8) is 0 Å². The third-order valence-corrected chi connectivity index (χ3v) is 7.19. The maximum Gasteiger partial charge on any atom is 0.243 e. The number of halogens is 1. The van der Waals surface area contributed by atoms with Crippen LogP contribution in [0.5, 0.6) is 0 Å². The van der Waals surface area contributed by atoms with Gasteiger partial charge in [0.15, 0.2) is 0 Å². The van der Waals surface area contributed by atoms with Crippen LogP contribution < -0.4 is 0 Å². The van der Waals surface area contributed by atoms with E-state index in [0.717, 1.165) is 12.0 Å². The van der Waals surface area contributed by atoms with Gasteiger partial charge in [0.25, 0.3) is 0 Å². The average molecular weight is 326 g/mol. The molecule has 1 saturated heterocycles. The lowest BCUT2D eigenvalue weighted by Crippen LogP contribution is -2.39. The van der Waals surface area contributed by atoms with Crippen molar-refractivity contribution in [2.24, 2.45) is 5.41 Å². The SMILES string of the molecule is CC1=C[C@@H](Cl)C2CC1(C)CN2S(=O)(=O)c1ccc(C)cc1. The molecule has 0 radical (unpaired) electrons. The highest BCUT2D eigenvalue weighted by Crippen LogP contribution is 2.48. The minimum absolute atomic E-state index is 0.0895. The first-order chi connectivity index (χ1) is 9.74. The number of rotatable bonds is 2. The second-order valence-corrected chi connectivity index (χ2v) is 8.88. The van der Waals surface area contributed by atoms with E-state index in [1.54, 1.807) is 16.4 Å². The van der Waals surface area contributed by atoms with Gasteiger partial charge in [0.1, 0.15) is 0 Å². The van der Waals surface area contributed by atoms with Crippen molar-refractivity contribution in [2.45, 2.75) is 43.5 Å². The first kappa shape index (κ1) is 15.1. The molecule has 1 heterocycles. The van der Waals surface area contributed by atoms with Crippen LogP contribution >= 0.6 is 11.6 Å². The van der Waals surface area contributed by atoms with Crippen LogP contribution in [0, 0.1) is 12.3 Å². The van der Waals surface area contributed by atoms with Gasteiger partial charge in [-0.25, -0.2) is 8.42 Å². The normalized spacial score (nSPS) is 33.0. The lowest BCUT2D eigenvalue weighted by molar-refractivity contribution is 0.389. The Morgan fingerprint density at radius 3 is 2.48 bits per heavy atom. The number of sulfonamides is 1. The summed E-state index contributed by atoms with van der Waals surface area (Å²) in [6, 6.07) is 6.88. The van der Waals surface area contributed by atoms with Crippen LogP contribution in [-0.2, 0) is 10.0 Å². The summed E-state index contributed by atoms with van der Waals surface area (Å²) in [4.78, 5) is 0.353. The minimum atomic E-state index is -3.49. The van der Waals surface area contributed by atoms with Gasteiger partial charge in [0.2, 0.25) is 10.0 Å². The van der Waals surface area contributed by atoms with E-state index in [1.807, 2.05) is 32.1 Å². The molecule has 3 atom stereocenters. The quantitative estimate of drug-likeness (QED) is 0.618. The molecule has 1 aliphatic carbocycles. The molecule has 0 aromatic heterocycles. The summed E-state index contributed by atoms with van der Waals surface area (Å²) in [5, 5.41) is -0.249. The molecule has 1 fully saturated rings. The summed E-state index contributed by atoms with van der Waals surface area (Å²) >= 11 is 6.40. The monoisotopic (exact) mass is 325 g/mol. The first-order valence-corrected chi connectivity index (χ1v) is 9.03. The minimum Gasteiger partial charge on any atom is -0.207 e. The number of benzene rings is 1. The molecule has 2 unspecified atom stereocenters. The lowest BCUT2D eigenvalue weighted by Gasteiger charge is -2.30. The zero-order valence-corrected chi connectivity index (χ0v) is 14.1. The standard InChI is InChI=1S/C16H20ClNO2S/c1-11-4-6-13(7-5-11)21(19,20)18-10-16(3)9-15(18)14(17)8-12(16)2/h4-8,14-15H,9-10H2,1-3H3/t14-,15?,16?/m1/s1. The Morgan fingerprint density at radius 1 is 1.24 bits per heavy atom. The van der Waals surface area contributed by atoms with Gasteiger partial charge in [-0.1, -0.05) is 36.3 Å². The van der Waals surface area contributed by atoms with Crippen LogP contribution in [-0.4, -0.2) is 30.7 Å². The van der Waals surface area contributed by atoms with Crippen LogP contribution in [0.4, 0.5) is 0 Å². The Hall–Kier alpha value is -0.840. The second kappa shape index (κ2) is 4.83. The molecule has 2 aliphatic rings. The molecule has 2 bridgehead atoms. The molecule has 21 heavy (non-hydrogen) atoms. The highest BCUT2D eigenvalue weighted by molar-refractivity contribution is 7.89. The Bertz CT molecular complexity index is 695. The van der Waals surface area contributed by atoms with Crippen molar-refractivity contribution in [1.29, 1.82) is 0 Å². The summed E-state index contributed by atoms with van der Waals surface area (Å²) in [6.45, 7) is 6.63. The fourth-order valence-corrected chi connectivity index (χ4v) is 5.55. The zero-order chi connectivity index (χ0) is 15.4. The van der Waals surface area contributed by atoms with Gasteiger partial charge in [0.05, 0.1) is 10.3 Å². The van der Waals surface area contributed by atoms with Crippen molar-refractivity contribution >= 4 is 21.6 Å². The molecular formula is C16H20ClNO2S. The van der Waals surface area contributed by atoms with Gasteiger partial charge in [-0.05, 0) is 32.4 Å². The van der Waals surface area contributed by atoms with Gasteiger partial charge in [-0.15, -0.1) is 11.6 Å². The molecule has 0 N–H and O–H groups in total. The largest absolute Gasteiger partial charge is 0.243 e. The van der Waals surface area contributed by atoms with Crippen LogP contribution in [0.3, 0.4) is 0 Å². The van der Waals surface area contributed by atoms with Crippen molar-refractivity contribution in [1.82, 2.24) is 4.31 Å². The second-order valence-electron chi connectivity index (χ2n) is 6.49. The molecule has 3 nitrogen and oxygen atoms in total. The van der Waals surface area contributed by atoms with E-state index in [2.05, 4.69) is 6.92 Å². The highest BCUT2D eigenvalue weighted by Gasteiger charge is 2.51. The predicted molar refractivity (Wildman–Crippen MR) is 85.0 cm³/mol. The molecule has 1 aromatic rings. The Kier molecular flexibility index (Phi) is 3.47. The van der Waals surface area contributed by atoms with Crippen molar-refractivity contribution in [3.05, 3.63) is 41.5 Å². The molecule has 114 valence electrons. The molecule has 3 rings (SSSR count). The summed E-state index contributed by atoms with van der Waals surface area (Å²) in [7, 11) is -3.49. The predicted octanol–water partition coefficient (Wildman–Crippen LogP) is 3.33. The van der Waals surface area contributed by atoms with Crippen LogP contribution in [0.2, 0.25) is 0 Å². The van der Waals surface area contributed by atoms with Gasteiger partial charge < -0.3 is 0 Å². The molecule has 5 heteroatoms. The molecule has 0 amide bonds. The van der Waals surface area contributed by atoms with Crippen LogP contribution in [0.15, 0.2) is 40.8 Å². The smallest absolute Gasteiger partial charge is 0.207 e. The van der Waals surface area contributed by atoms with E-state index in [4.69, 9.17) is 11.6 Å². The summed E-state index contributed by atoms with van der Waals surface area (Å²) in [6.07, 6.45) is 2.81. The van der Waals surface area contributed by atoms with Crippen molar-refractivity contribution in [2.75, 3.05) is 6.54 Å². The number of hydrogen-bond donors (Lipinski definition) is 0. The molecular weight excluding hydrogens is 306 g/mol. The maximum absolute atomic E-state index is 12.9. The molecule has 0 spiro atoms. The van der Waals surface area contributed by atoms with E-state index in [0.29, 0.717) is 11.4 Å². The topological polar surface area (TPSA) is 37.4 Å². The Labute approximate surface area is 131 Å². The Balaban J connectivity index is 2.00. The van der Waals surface area contributed by atoms with E-state index >= 15 is 0 Å². The van der Waals surface area contributed by atoms with Gasteiger partial charge in [0, 0.05) is 18.0 Å². The van der Waals surface area contributed by atoms with Crippen molar-refractivity contribution in [3.8, 4) is 0 Å². The van der Waals surface area contributed by atoms with E-state index in [1.165, 1.54) is 5.57 Å². The van der Waals surface area contributed by atoms with Crippen LogP contribution in [0.25, 0.3) is 0 Å². The van der Waals surface area contributed by atoms with Gasteiger partial charge in [-0.2, -0.15) is 4.31 Å². The van der Waals surface area contributed by atoms with Gasteiger partial charge in [-0.3, -0.25) is 0 Å². The summed E-state index contributed by atoms with van der Waals surface area (Å²) < 4.78 is 27.5. The zero-order valence-electron chi connectivity index (χ0n) is 12.5. The van der Waals surface area contributed by atoms with Gasteiger partial charge >= 0.3 is 0 Å². The number of nitrogens with zero attached hydrogens (tertiary/aromatic N) is 1. The molecule has 1 aliphatic heterocycles. The number of fused-ring (bicyclic) bond motifs is 2. The average Bonchev–Trinajstić information content (AvgIpc) is 2.75. The lowest BCUT2D eigenvalue weighted by atomic mass is 9.76. The number of alkyl halides is 1. The number of aryl methyl sites for hydroxylation is 1. The summed E-state index contributed by atoms with van der Waals surface area (Å²) in [5.74, 6) is 0. The van der Waals surface area contributed by atoms with Crippen molar-refractivity contribution < 1.29 is 8.42 Å². The van der Waals surface area contributed by atoms with E-state index < -0.39 is 10.0 Å². The van der Waals surface area contributed by atoms with E-state index in [-0.39, 0.29) is 16.8 Å². The maximum atomic E-state index is 12.9. The first-order valence-electron chi connectivity index (χ1n) is 7.15. The highest BCUT2D eigenvalue weighted by atomic mass is 35.5. The molecule has 1 aromatic carbocycles. The third kappa shape index (κ3) is 2.33. The molecule has 0 saturated carbocycles.